The van der Waals surface area contributed by atoms with Gasteiger partial charge in [-0.05, 0) is 84.4 Å². The molecule has 1 unspecified atom stereocenters. The van der Waals surface area contributed by atoms with E-state index in [-0.39, 0.29) is 5.54 Å². The standard InChI is InChI=1S/C20H39N5S/c1-3-21-19(22-16-18-8-7-15-26-18)23-17-20(9-13-24(2)14-10-20)25-11-5-4-6-12-25/h18H,3-17H2,1-2H3,(H2,21,22,23). The lowest BCUT2D eigenvalue weighted by Crippen LogP contribution is -2.58. The number of hydrogen-bond acceptors (Lipinski definition) is 4. The minimum atomic E-state index is 0.275. The Bertz CT molecular complexity index is 435. The third-order valence-electron chi connectivity index (χ3n) is 6.34. The molecule has 3 fully saturated rings. The molecule has 0 spiro atoms. The molecule has 3 heterocycles. The minimum absolute atomic E-state index is 0.275. The van der Waals surface area contributed by atoms with Crippen molar-refractivity contribution in [1.82, 2.24) is 20.4 Å². The average molecular weight is 382 g/mol. The molecular weight excluding hydrogens is 342 g/mol. The van der Waals surface area contributed by atoms with Crippen LogP contribution in [0.4, 0.5) is 0 Å². The van der Waals surface area contributed by atoms with E-state index in [4.69, 9.17) is 4.99 Å². The molecule has 2 N–H and O–H groups in total. The fourth-order valence-electron chi connectivity index (χ4n) is 4.56. The highest BCUT2D eigenvalue weighted by Crippen LogP contribution is 2.31. The van der Waals surface area contributed by atoms with Crippen LogP contribution in [0.1, 0.15) is 51.9 Å². The van der Waals surface area contributed by atoms with E-state index in [0.29, 0.717) is 0 Å². The molecule has 0 aliphatic carbocycles. The van der Waals surface area contributed by atoms with Crippen molar-refractivity contribution in [3.8, 4) is 0 Å². The van der Waals surface area contributed by atoms with Gasteiger partial charge in [-0.2, -0.15) is 11.8 Å². The van der Waals surface area contributed by atoms with Crippen LogP contribution >= 0.6 is 11.8 Å². The van der Waals surface area contributed by atoms with E-state index in [9.17, 15) is 0 Å². The molecule has 0 saturated carbocycles. The summed E-state index contributed by atoms with van der Waals surface area (Å²) in [6.07, 6.45) is 9.35. The summed E-state index contributed by atoms with van der Waals surface area (Å²) >= 11 is 2.11. The second kappa shape index (κ2) is 10.2. The van der Waals surface area contributed by atoms with Crippen LogP contribution < -0.4 is 10.6 Å². The van der Waals surface area contributed by atoms with E-state index in [1.54, 1.807) is 0 Å². The third-order valence-corrected chi connectivity index (χ3v) is 7.74. The van der Waals surface area contributed by atoms with Crippen molar-refractivity contribution in [3.05, 3.63) is 0 Å². The Kier molecular flexibility index (Phi) is 7.94. The highest BCUT2D eigenvalue weighted by Gasteiger charge is 2.39. The van der Waals surface area contributed by atoms with Gasteiger partial charge in [0.25, 0.3) is 0 Å². The maximum absolute atomic E-state index is 5.10. The zero-order chi connectivity index (χ0) is 18.2. The first-order chi connectivity index (χ1) is 12.7. The molecule has 0 radical (unpaired) electrons. The highest BCUT2D eigenvalue weighted by atomic mass is 32.2. The number of likely N-dealkylation sites (tertiary alicyclic amines) is 2. The van der Waals surface area contributed by atoms with E-state index in [1.165, 1.54) is 76.9 Å². The predicted octanol–water partition coefficient (Wildman–Crippen LogP) is 2.39. The average Bonchev–Trinajstić information content (AvgIpc) is 3.20. The Morgan fingerprint density at radius 1 is 1.08 bits per heavy atom. The molecule has 3 aliphatic heterocycles. The van der Waals surface area contributed by atoms with Gasteiger partial charge in [0.1, 0.15) is 0 Å². The van der Waals surface area contributed by atoms with Crippen molar-refractivity contribution in [2.75, 3.05) is 58.6 Å². The van der Waals surface area contributed by atoms with E-state index in [1.807, 2.05) is 0 Å². The number of nitrogens with one attached hydrogen (secondary N) is 2. The molecule has 3 rings (SSSR count). The van der Waals surface area contributed by atoms with Crippen LogP contribution in [-0.4, -0.2) is 85.2 Å². The van der Waals surface area contributed by atoms with Gasteiger partial charge in [0.15, 0.2) is 5.96 Å². The van der Waals surface area contributed by atoms with Crippen LogP contribution in [0.2, 0.25) is 0 Å². The number of guanidine groups is 1. The largest absolute Gasteiger partial charge is 0.357 e. The Morgan fingerprint density at radius 2 is 1.85 bits per heavy atom. The summed E-state index contributed by atoms with van der Waals surface area (Å²) in [5.74, 6) is 2.35. The number of thioether (sulfide) groups is 1. The topological polar surface area (TPSA) is 42.9 Å². The molecule has 1 atom stereocenters. The quantitative estimate of drug-likeness (QED) is 0.546. The summed E-state index contributed by atoms with van der Waals surface area (Å²) in [5.41, 5.74) is 0.275. The highest BCUT2D eigenvalue weighted by molar-refractivity contribution is 8.00. The lowest BCUT2D eigenvalue weighted by Gasteiger charge is -2.49. The molecule has 3 saturated heterocycles. The molecule has 0 amide bonds. The molecule has 0 aromatic carbocycles. The first-order valence-corrected chi connectivity index (χ1v) is 11.8. The monoisotopic (exact) mass is 381 g/mol. The van der Waals surface area contributed by atoms with Gasteiger partial charge in [-0.25, -0.2) is 0 Å². The molecular formula is C20H39N5S. The Labute approximate surface area is 164 Å². The van der Waals surface area contributed by atoms with Crippen molar-refractivity contribution in [2.45, 2.75) is 62.7 Å². The molecule has 3 aliphatic rings. The third kappa shape index (κ3) is 5.52. The summed E-state index contributed by atoms with van der Waals surface area (Å²) in [5, 5.41) is 7.86. The van der Waals surface area contributed by atoms with Gasteiger partial charge in [-0.1, -0.05) is 6.42 Å². The zero-order valence-electron chi connectivity index (χ0n) is 16.9. The Morgan fingerprint density at radius 3 is 2.50 bits per heavy atom. The van der Waals surface area contributed by atoms with Crippen LogP contribution in [0.15, 0.2) is 4.99 Å². The summed E-state index contributed by atoms with van der Waals surface area (Å²) < 4.78 is 0. The van der Waals surface area contributed by atoms with Crippen molar-refractivity contribution in [3.63, 3.8) is 0 Å². The van der Waals surface area contributed by atoms with Crippen LogP contribution in [0.5, 0.6) is 0 Å². The van der Waals surface area contributed by atoms with Gasteiger partial charge in [-0.15, -0.1) is 0 Å². The van der Waals surface area contributed by atoms with Crippen LogP contribution in [-0.2, 0) is 0 Å². The van der Waals surface area contributed by atoms with Gasteiger partial charge >= 0.3 is 0 Å². The lowest BCUT2D eigenvalue weighted by atomic mass is 9.84. The van der Waals surface area contributed by atoms with Gasteiger partial charge < -0.3 is 15.5 Å². The van der Waals surface area contributed by atoms with Crippen molar-refractivity contribution >= 4 is 17.7 Å². The number of rotatable bonds is 6. The fourth-order valence-corrected chi connectivity index (χ4v) is 5.76. The van der Waals surface area contributed by atoms with E-state index < -0.39 is 0 Å². The zero-order valence-corrected chi connectivity index (χ0v) is 17.8. The molecule has 5 nitrogen and oxygen atoms in total. The van der Waals surface area contributed by atoms with E-state index in [0.717, 1.165) is 30.8 Å². The number of piperidine rings is 2. The van der Waals surface area contributed by atoms with Gasteiger partial charge in [0.05, 0.1) is 6.54 Å². The van der Waals surface area contributed by atoms with E-state index in [2.05, 4.69) is 46.2 Å². The maximum atomic E-state index is 5.10. The van der Waals surface area contributed by atoms with Crippen LogP contribution in [0.25, 0.3) is 0 Å². The second-order valence-corrected chi connectivity index (χ2v) is 9.69. The summed E-state index contributed by atoms with van der Waals surface area (Å²) in [4.78, 5) is 10.4. The Balaban J connectivity index is 1.63. The predicted molar refractivity (Wildman–Crippen MR) is 114 cm³/mol. The molecule has 0 aromatic rings. The Hall–Kier alpha value is -0.460. The van der Waals surface area contributed by atoms with Crippen LogP contribution in [0.3, 0.4) is 0 Å². The van der Waals surface area contributed by atoms with Crippen LogP contribution in [0, 0.1) is 0 Å². The molecule has 26 heavy (non-hydrogen) atoms. The minimum Gasteiger partial charge on any atom is -0.357 e. The lowest BCUT2D eigenvalue weighted by molar-refractivity contribution is 0.0208. The molecule has 150 valence electrons. The molecule has 6 heteroatoms. The van der Waals surface area contributed by atoms with Crippen molar-refractivity contribution in [1.29, 1.82) is 0 Å². The smallest absolute Gasteiger partial charge is 0.191 e. The summed E-state index contributed by atoms with van der Waals surface area (Å²) in [7, 11) is 2.26. The van der Waals surface area contributed by atoms with Gasteiger partial charge in [0, 0.05) is 23.9 Å². The summed E-state index contributed by atoms with van der Waals surface area (Å²) in [6.45, 7) is 10.0. The number of hydrogen-bond donors (Lipinski definition) is 2. The van der Waals surface area contributed by atoms with Gasteiger partial charge in [0.2, 0.25) is 0 Å². The summed E-state index contributed by atoms with van der Waals surface area (Å²) in [6, 6.07) is 0. The van der Waals surface area contributed by atoms with E-state index >= 15 is 0 Å². The van der Waals surface area contributed by atoms with Crippen molar-refractivity contribution < 1.29 is 0 Å². The molecule has 0 bridgehead atoms. The first kappa shape index (κ1) is 20.3. The SMILES string of the molecule is CCNC(=NCC1(N2CCCCC2)CCN(C)CC1)NCC1CCCS1. The van der Waals surface area contributed by atoms with Gasteiger partial charge in [-0.3, -0.25) is 9.89 Å². The fraction of sp³-hybridized carbons (Fsp3) is 0.950. The second-order valence-electron chi connectivity index (χ2n) is 8.29. The number of aliphatic imine (C=N–C) groups is 1. The normalized spacial score (nSPS) is 28.2. The maximum Gasteiger partial charge on any atom is 0.191 e. The van der Waals surface area contributed by atoms with Crippen molar-refractivity contribution in [2.24, 2.45) is 4.99 Å². The first-order valence-electron chi connectivity index (χ1n) is 10.8. The number of nitrogens with zero attached hydrogens (tertiary/aromatic N) is 3. The molecule has 0 aromatic heterocycles.